The van der Waals surface area contributed by atoms with Crippen LogP contribution in [0, 0.1) is 5.92 Å². The third kappa shape index (κ3) is 1.47. The minimum atomic E-state index is -0.709. The molecule has 3 nitrogen and oxygen atoms in total. The van der Waals surface area contributed by atoms with Crippen LogP contribution in [-0.2, 0) is 4.79 Å². The molecule has 0 radical (unpaired) electrons. The molecule has 0 aromatic carbocycles. The van der Waals surface area contributed by atoms with Crippen LogP contribution >= 0.6 is 9.39 Å². The summed E-state index contributed by atoms with van der Waals surface area (Å²) in [4.78, 5) is 10.5. The molecule has 1 N–H and O–H groups in total. The summed E-state index contributed by atoms with van der Waals surface area (Å²) in [6.07, 6.45) is 0.777. The van der Waals surface area contributed by atoms with Crippen LogP contribution in [0.25, 0.3) is 0 Å². The Morgan fingerprint density at radius 3 is 2.60 bits per heavy atom. The molecule has 58 valence electrons. The van der Waals surface area contributed by atoms with Crippen LogP contribution in [0.5, 0.6) is 0 Å². The molecular weight excluding hydrogens is 149 g/mol. The molecule has 0 spiro atoms. The number of carbonyl (C=O) groups is 1. The molecule has 0 amide bonds. The predicted octanol–water partition coefficient (Wildman–Crippen LogP) is 0.571. The second-order valence-electron chi connectivity index (χ2n) is 2.89. The van der Waals surface area contributed by atoms with Crippen molar-refractivity contribution in [2.24, 2.45) is 5.92 Å². The molecule has 0 aromatic heterocycles. The van der Waals surface area contributed by atoms with Gasteiger partial charge in [-0.25, -0.2) is 0 Å². The van der Waals surface area contributed by atoms with Gasteiger partial charge in [0.15, 0.2) is 0 Å². The van der Waals surface area contributed by atoms with Crippen LogP contribution in [-0.4, -0.2) is 28.3 Å². The van der Waals surface area contributed by atoms with Crippen molar-refractivity contribution in [1.82, 2.24) is 4.67 Å². The fourth-order valence-electron chi connectivity index (χ4n) is 1.32. The van der Waals surface area contributed by atoms with E-state index in [9.17, 15) is 4.79 Å². The van der Waals surface area contributed by atoms with Gasteiger partial charge in [0, 0.05) is 6.54 Å². The molecule has 4 heteroatoms. The van der Waals surface area contributed by atoms with Gasteiger partial charge in [-0.05, 0) is 12.3 Å². The molecule has 1 aliphatic rings. The predicted molar refractivity (Wildman–Crippen MR) is 41.6 cm³/mol. The summed E-state index contributed by atoms with van der Waals surface area (Å²) in [7, 11) is 2.46. The van der Waals surface area contributed by atoms with Crippen molar-refractivity contribution in [3.8, 4) is 0 Å². The second-order valence-corrected chi connectivity index (χ2v) is 3.55. The number of carboxylic acids is 1. The van der Waals surface area contributed by atoms with Gasteiger partial charge in [0.25, 0.3) is 0 Å². The molecule has 0 bridgehead atoms. The summed E-state index contributed by atoms with van der Waals surface area (Å²) >= 11 is 0. The van der Waals surface area contributed by atoms with Crippen molar-refractivity contribution in [3.05, 3.63) is 0 Å². The Balaban J connectivity index is 2.54. The van der Waals surface area contributed by atoms with Gasteiger partial charge in [0.05, 0.1) is 0 Å². The molecule has 1 rings (SSSR count). The molecule has 3 atom stereocenters. The summed E-state index contributed by atoms with van der Waals surface area (Å²) in [5, 5.41) is 8.65. The molecule has 1 fully saturated rings. The Labute approximate surface area is 62.7 Å². The maximum atomic E-state index is 10.5. The molecular formula is C6H12NO2P. The van der Waals surface area contributed by atoms with E-state index in [-0.39, 0.29) is 6.04 Å². The number of nitrogens with zero attached hydrogens (tertiary/aromatic N) is 1. The Kier molecular flexibility index (Phi) is 2.27. The molecule has 0 aromatic rings. The first-order valence-corrected chi connectivity index (χ1v) is 3.87. The van der Waals surface area contributed by atoms with Crippen molar-refractivity contribution >= 4 is 15.4 Å². The van der Waals surface area contributed by atoms with E-state index in [1.54, 1.807) is 0 Å². The van der Waals surface area contributed by atoms with Crippen LogP contribution < -0.4 is 0 Å². The summed E-state index contributed by atoms with van der Waals surface area (Å²) in [6.45, 7) is 2.95. The van der Waals surface area contributed by atoms with E-state index in [1.165, 1.54) is 0 Å². The van der Waals surface area contributed by atoms with Gasteiger partial charge >= 0.3 is 5.97 Å². The lowest BCUT2D eigenvalue weighted by molar-refractivity contribution is -0.140. The number of carboxylic acid groups (broad SMARTS) is 1. The first-order chi connectivity index (χ1) is 4.61. The number of hydrogen-bond acceptors (Lipinski definition) is 2. The summed E-state index contributed by atoms with van der Waals surface area (Å²) in [5.41, 5.74) is 0. The van der Waals surface area contributed by atoms with Gasteiger partial charge in [-0.15, -0.1) is 0 Å². The molecule has 1 saturated heterocycles. The van der Waals surface area contributed by atoms with Crippen LogP contribution in [0.4, 0.5) is 0 Å². The van der Waals surface area contributed by atoms with Crippen LogP contribution in [0.15, 0.2) is 0 Å². The monoisotopic (exact) mass is 161 g/mol. The average molecular weight is 161 g/mol. The Bertz CT molecular complexity index is 151. The standard InChI is InChI=1S/C6H12NO2P/c1-4-2-5(6(8)9)7(10)3-4/h4-5H,2-3,10H2,1H3,(H,8,9)/t4-,5+/m1/s1. The highest BCUT2D eigenvalue weighted by atomic mass is 31.0. The maximum Gasteiger partial charge on any atom is 0.321 e. The van der Waals surface area contributed by atoms with Gasteiger partial charge in [-0.2, -0.15) is 0 Å². The SMILES string of the molecule is C[C@@H]1C[C@@H](C(=O)O)N(P)C1. The van der Waals surface area contributed by atoms with E-state index >= 15 is 0 Å². The number of rotatable bonds is 1. The lowest BCUT2D eigenvalue weighted by atomic mass is 10.1. The van der Waals surface area contributed by atoms with Gasteiger partial charge < -0.3 is 5.11 Å². The molecule has 1 unspecified atom stereocenters. The molecule has 0 saturated carbocycles. The number of hydrogen-bond donors (Lipinski definition) is 1. The third-order valence-electron chi connectivity index (χ3n) is 1.83. The molecule has 1 heterocycles. The molecule has 0 aliphatic carbocycles. The van der Waals surface area contributed by atoms with Crippen molar-refractivity contribution in [2.45, 2.75) is 19.4 Å². The van der Waals surface area contributed by atoms with E-state index in [0.29, 0.717) is 5.92 Å². The summed E-state index contributed by atoms with van der Waals surface area (Å²) < 4.78 is 1.81. The van der Waals surface area contributed by atoms with Gasteiger partial charge in [0.2, 0.25) is 0 Å². The van der Waals surface area contributed by atoms with Crippen LogP contribution in [0.3, 0.4) is 0 Å². The largest absolute Gasteiger partial charge is 0.480 e. The average Bonchev–Trinajstić information content (AvgIpc) is 2.10. The van der Waals surface area contributed by atoms with Crippen molar-refractivity contribution < 1.29 is 9.90 Å². The molecule has 10 heavy (non-hydrogen) atoms. The highest BCUT2D eigenvalue weighted by Crippen LogP contribution is 2.25. The topological polar surface area (TPSA) is 40.5 Å². The smallest absolute Gasteiger partial charge is 0.321 e. The minimum Gasteiger partial charge on any atom is -0.480 e. The van der Waals surface area contributed by atoms with E-state index < -0.39 is 5.97 Å². The lowest BCUT2D eigenvalue weighted by Crippen LogP contribution is -2.28. The van der Waals surface area contributed by atoms with E-state index in [4.69, 9.17) is 5.11 Å². The van der Waals surface area contributed by atoms with Gasteiger partial charge in [0.1, 0.15) is 6.04 Å². The zero-order valence-electron chi connectivity index (χ0n) is 5.95. The van der Waals surface area contributed by atoms with Crippen LogP contribution in [0.1, 0.15) is 13.3 Å². The van der Waals surface area contributed by atoms with Crippen LogP contribution in [0.2, 0.25) is 0 Å². The van der Waals surface area contributed by atoms with E-state index in [2.05, 4.69) is 16.3 Å². The van der Waals surface area contributed by atoms with E-state index in [1.807, 2.05) is 4.67 Å². The highest BCUT2D eigenvalue weighted by molar-refractivity contribution is 7.13. The summed E-state index contributed by atoms with van der Waals surface area (Å²) in [5.74, 6) is -0.196. The quantitative estimate of drug-likeness (QED) is 0.571. The fraction of sp³-hybridized carbons (Fsp3) is 0.833. The van der Waals surface area contributed by atoms with Crippen molar-refractivity contribution in [2.75, 3.05) is 6.54 Å². The summed E-state index contributed by atoms with van der Waals surface area (Å²) in [6, 6.07) is -0.278. The van der Waals surface area contributed by atoms with Crippen molar-refractivity contribution in [3.63, 3.8) is 0 Å². The highest BCUT2D eigenvalue weighted by Gasteiger charge is 2.31. The van der Waals surface area contributed by atoms with E-state index in [0.717, 1.165) is 13.0 Å². The Morgan fingerprint density at radius 1 is 1.80 bits per heavy atom. The lowest BCUT2D eigenvalue weighted by Gasteiger charge is -2.12. The minimum absolute atomic E-state index is 0.278. The fourth-order valence-corrected chi connectivity index (χ4v) is 1.93. The zero-order valence-corrected chi connectivity index (χ0v) is 7.10. The Morgan fingerprint density at radius 2 is 2.40 bits per heavy atom. The van der Waals surface area contributed by atoms with Gasteiger partial charge in [-0.3, -0.25) is 9.46 Å². The normalized spacial score (nSPS) is 34.6. The molecule has 1 aliphatic heterocycles. The Hall–Kier alpha value is -0.140. The van der Waals surface area contributed by atoms with Crippen molar-refractivity contribution in [1.29, 1.82) is 0 Å². The number of aliphatic carboxylic acids is 1. The van der Waals surface area contributed by atoms with Gasteiger partial charge in [-0.1, -0.05) is 16.3 Å². The first kappa shape index (κ1) is 7.96. The maximum absolute atomic E-state index is 10.5. The second kappa shape index (κ2) is 2.85. The third-order valence-corrected chi connectivity index (χ3v) is 2.40. The first-order valence-electron chi connectivity index (χ1n) is 3.35. The zero-order chi connectivity index (χ0) is 7.72.